The van der Waals surface area contributed by atoms with Gasteiger partial charge in [0, 0.05) is 37.9 Å². The van der Waals surface area contributed by atoms with Gasteiger partial charge in [-0.1, -0.05) is 29.5 Å². The molecule has 1 unspecified atom stereocenters. The van der Waals surface area contributed by atoms with Crippen molar-refractivity contribution >= 4 is 11.7 Å². The first-order chi connectivity index (χ1) is 14.1. The van der Waals surface area contributed by atoms with E-state index in [-0.39, 0.29) is 12.1 Å². The lowest BCUT2D eigenvalue weighted by molar-refractivity contribution is 0.171. The maximum Gasteiger partial charge on any atom is 0.322 e. The Morgan fingerprint density at radius 1 is 1.24 bits per heavy atom. The zero-order chi connectivity index (χ0) is 20.2. The van der Waals surface area contributed by atoms with E-state index >= 15 is 0 Å². The van der Waals surface area contributed by atoms with Crippen molar-refractivity contribution in [1.82, 2.24) is 25.2 Å². The summed E-state index contributed by atoms with van der Waals surface area (Å²) in [5, 5.41) is 14.5. The standard InChI is InChI=1S/C21H24N6O2/c1-26-14-19(24-25-26)16-4-3-5-17(12-16)23-21(28)27-11-10-22-13-20(27)15-6-8-18(29-2)9-7-15/h3-9,12,14,20,22H,10-11,13H2,1-2H3,(H,23,28). The van der Waals surface area contributed by atoms with E-state index in [9.17, 15) is 4.79 Å². The van der Waals surface area contributed by atoms with Gasteiger partial charge in [-0.15, -0.1) is 5.10 Å². The second kappa shape index (κ2) is 8.32. The fourth-order valence-electron chi connectivity index (χ4n) is 3.50. The van der Waals surface area contributed by atoms with E-state index in [1.54, 1.807) is 11.8 Å². The number of aromatic nitrogens is 3. The number of hydrogen-bond donors (Lipinski definition) is 2. The van der Waals surface area contributed by atoms with Crippen LogP contribution in [0.5, 0.6) is 5.75 Å². The predicted octanol–water partition coefficient (Wildman–Crippen LogP) is 2.67. The van der Waals surface area contributed by atoms with Gasteiger partial charge in [-0.25, -0.2) is 4.79 Å². The molecule has 0 bridgehead atoms. The summed E-state index contributed by atoms with van der Waals surface area (Å²) in [6, 6.07) is 15.3. The van der Waals surface area contributed by atoms with Crippen LogP contribution in [0.25, 0.3) is 11.3 Å². The Balaban J connectivity index is 1.51. The van der Waals surface area contributed by atoms with Crippen molar-refractivity contribution in [2.24, 2.45) is 7.05 Å². The molecule has 1 aromatic heterocycles. The number of nitrogens with zero attached hydrogens (tertiary/aromatic N) is 4. The van der Waals surface area contributed by atoms with Crippen molar-refractivity contribution in [3.8, 4) is 17.0 Å². The van der Waals surface area contributed by atoms with Gasteiger partial charge in [0.1, 0.15) is 11.4 Å². The average molecular weight is 392 g/mol. The number of aryl methyl sites for hydroxylation is 1. The normalized spacial score (nSPS) is 16.5. The first kappa shape index (κ1) is 18.9. The molecule has 2 aromatic carbocycles. The Morgan fingerprint density at radius 2 is 2.07 bits per heavy atom. The minimum Gasteiger partial charge on any atom is -0.497 e. The van der Waals surface area contributed by atoms with Crippen LogP contribution in [-0.4, -0.2) is 52.7 Å². The third kappa shape index (κ3) is 4.22. The van der Waals surface area contributed by atoms with E-state index in [1.165, 1.54) is 0 Å². The van der Waals surface area contributed by atoms with Crippen LogP contribution in [-0.2, 0) is 7.05 Å². The molecular formula is C21H24N6O2. The second-order valence-electron chi connectivity index (χ2n) is 6.97. The lowest BCUT2D eigenvalue weighted by Crippen LogP contribution is -2.50. The van der Waals surface area contributed by atoms with Gasteiger partial charge in [-0.3, -0.25) is 4.68 Å². The van der Waals surface area contributed by atoms with Gasteiger partial charge in [-0.05, 0) is 29.8 Å². The molecule has 8 heteroatoms. The van der Waals surface area contributed by atoms with E-state index in [0.29, 0.717) is 13.1 Å². The van der Waals surface area contributed by atoms with Crippen molar-refractivity contribution in [1.29, 1.82) is 0 Å². The molecule has 1 aliphatic heterocycles. The first-order valence-electron chi connectivity index (χ1n) is 9.53. The number of amides is 2. The molecule has 2 amide bonds. The molecule has 2 N–H and O–H groups in total. The summed E-state index contributed by atoms with van der Waals surface area (Å²) in [6.07, 6.45) is 1.84. The number of urea groups is 1. The summed E-state index contributed by atoms with van der Waals surface area (Å²) in [5.74, 6) is 0.800. The number of piperazine rings is 1. The molecule has 3 aromatic rings. The van der Waals surface area contributed by atoms with Crippen LogP contribution in [0.2, 0.25) is 0 Å². The molecule has 8 nitrogen and oxygen atoms in total. The highest BCUT2D eigenvalue weighted by atomic mass is 16.5. The number of hydrogen-bond acceptors (Lipinski definition) is 5. The molecule has 1 atom stereocenters. The lowest BCUT2D eigenvalue weighted by Gasteiger charge is -2.36. The van der Waals surface area contributed by atoms with Gasteiger partial charge in [0.2, 0.25) is 0 Å². The van der Waals surface area contributed by atoms with Gasteiger partial charge < -0.3 is 20.3 Å². The Labute approximate surface area is 169 Å². The Kier molecular flexibility index (Phi) is 5.44. The highest BCUT2D eigenvalue weighted by molar-refractivity contribution is 5.90. The number of rotatable bonds is 4. The number of carbonyl (C=O) groups excluding carboxylic acids is 1. The van der Waals surface area contributed by atoms with Crippen molar-refractivity contribution in [2.75, 3.05) is 32.1 Å². The number of benzene rings is 2. The summed E-state index contributed by atoms with van der Waals surface area (Å²) in [6.45, 7) is 2.10. The molecule has 1 saturated heterocycles. The average Bonchev–Trinajstić information content (AvgIpc) is 3.20. The molecule has 0 saturated carbocycles. The number of methoxy groups -OCH3 is 1. The SMILES string of the molecule is COc1ccc(C2CNCCN2C(=O)Nc2cccc(-c3cn(C)nn3)c2)cc1. The van der Waals surface area contributed by atoms with Gasteiger partial charge in [-0.2, -0.15) is 0 Å². The fraction of sp³-hybridized carbons (Fsp3) is 0.286. The molecule has 4 rings (SSSR count). The van der Waals surface area contributed by atoms with E-state index in [4.69, 9.17) is 4.74 Å². The Hall–Kier alpha value is -3.39. The van der Waals surface area contributed by atoms with Crippen molar-refractivity contribution in [2.45, 2.75) is 6.04 Å². The van der Waals surface area contributed by atoms with Crippen molar-refractivity contribution in [3.05, 3.63) is 60.3 Å². The van der Waals surface area contributed by atoms with E-state index in [1.807, 2.05) is 66.7 Å². The monoisotopic (exact) mass is 392 g/mol. The molecule has 1 fully saturated rings. The second-order valence-corrected chi connectivity index (χ2v) is 6.97. The largest absolute Gasteiger partial charge is 0.497 e. The third-order valence-corrected chi connectivity index (χ3v) is 5.02. The number of nitrogens with one attached hydrogen (secondary N) is 2. The summed E-state index contributed by atoms with van der Waals surface area (Å²) in [5.41, 5.74) is 3.47. The third-order valence-electron chi connectivity index (χ3n) is 5.02. The minimum absolute atomic E-state index is 0.0437. The number of carbonyl (C=O) groups is 1. The smallest absolute Gasteiger partial charge is 0.322 e. The molecule has 150 valence electrons. The Bertz CT molecular complexity index is 985. The van der Waals surface area contributed by atoms with Gasteiger partial charge in [0.25, 0.3) is 0 Å². The van der Waals surface area contributed by atoms with Crippen LogP contribution in [0.4, 0.5) is 10.5 Å². The molecule has 29 heavy (non-hydrogen) atoms. The van der Waals surface area contributed by atoms with Crippen LogP contribution in [0, 0.1) is 0 Å². The lowest BCUT2D eigenvalue weighted by atomic mass is 10.0. The maximum atomic E-state index is 13.1. The summed E-state index contributed by atoms with van der Waals surface area (Å²) in [7, 11) is 3.47. The highest BCUT2D eigenvalue weighted by Gasteiger charge is 2.28. The minimum atomic E-state index is -0.122. The molecule has 0 spiro atoms. The van der Waals surface area contributed by atoms with Gasteiger partial charge >= 0.3 is 6.03 Å². The van der Waals surface area contributed by atoms with Crippen molar-refractivity contribution < 1.29 is 9.53 Å². The fourth-order valence-corrected chi connectivity index (χ4v) is 3.50. The van der Waals surface area contributed by atoms with Crippen LogP contribution in [0.15, 0.2) is 54.7 Å². The maximum absolute atomic E-state index is 13.1. The molecule has 2 heterocycles. The van der Waals surface area contributed by atoms with Crippen LogP contribution in [0.3, 0.4) is 0 Å². The van der Waals surface area contributed by atoms with Crippen LogP contribution in [0.1, 0.15) is 11.6 Å². The number of ether oxygens (including phenoxy) is 1. The van der Waals surface area contributed by atoms with Crippen LogP contribution < -0.4 is 15.4 Å². The van der Waals surface area contributed by atoms with E-state index in [0.717, 1.165) is 34.8 Å². The number of anilines is 1. The van der Waals surface area contributed by atoms with E-state index < -0.39 is 0 Å². The molecular weight excluding hydrogens is 368 g/mol. The molecule has 0 aliphatic carbocycles. The predicted molar refractivity (Wildman–Crippen MR) is 111 cm³/mol. The van der Waals surface area contributed by atoms with Gasteiger partial charge in [0.15, 0.2) is 0 Å². The summed E-state index contributed by atoms with van der Waals surface area (Å²) < 4.78 is 6.89. The first-order valence-corrected chi connectivity index (χ1v) is 9.53. The quantitative estimate of drug-likeness (QED) is 0.713. The zero-order valence-electron chi connectivity index (χ0n) is 16.5. The zero-order valence-corrected chi connectivity index (χ0v) is 16.5. The Morgan fingerprint density at radius 3 is 2.79 bits per heavy atom. The summed E-state index contributed by atoms with van der Waals surface area (Å²) >= 11 is 0. The van der Waals surface area contributed by atoms with Crippen LogP contribution >= 0.6 is 0 Å². The van der Waals surface area contributed by atoms with Crippen molar-refractivity contribution in [3.63, 3.8) is 0 Å². The summed E-state index contributed by atoms with van der Waals surface area (Å²) in [4.78, 5) is 14.9. The molecule has 0 radical (unpaired) electrons. The molecule has 1 aliphatic rings. The van der Waals surface area contributed by atoms with Gasteiger partial charge in [0.05, 0.1) is 19.3 Å². The highest BCUT2D eigenvalue weighted by Crippen LogP contribution is 2.26. The van der Waals surface area contributed by atoms with E-state index in [2.05, 4.69) is 20.9 Å². The topological polar surface area (TPSA) is 84.3 Å².